The van der Waals surface area contributed by atoms with Crippen molar-refractivity contribution < 1.29 is 14.2 Å². The van der Waals surface area contributed by atoms with Crippen LogP contribution in [0, 0.1) is 6.92 Å². The van der Waals surface area contributed by atoms with Gasteiger partial charge >= 0.3 is 0 Å². The van der Waals surface area contributed by atoms with Gasteiger partial charge in [-0.1, -0.05) is 0 Å². The fraction of sp³-hybridized carbons (Fsp3) is 0.389. The Morgan fingerprint density at radius 1 is 1.15 bits per heavy atom. The van der Waals surface area contributed by atoms with Gasteiger partial charge in [0.2, 0.25) is 0 Å². The second-order valence-corrected chi connectivity index (χ2v) is 5.74. The second kappa shape index (κ2) is 8.48. The van der Waals surface area contributed by atoms with E-state index in [2.05, 4.69) is 25.4 Å². The molecule has 0 unspecified atom stereocenters. The van der Waals surface area contributed by atoms with Crippen molar-refractivity contribution in [2.24, 2.45) is 5.10 Å². The minimum atomic E-state index is 0.641. The van der Waals surface area contributed by atoms with E-state index in [4.69, 9.17) is 14.2 Å². The van der Waals surface area contributed by atoms with Crippen molar-refractivity contribution in [2.75, 3.05) is 50.8 Å². The summed E-state index contributed by atoms with van der Waals surface area (Å²) in [4.78, 5) is 11.1. The van der Waals surface area contributed by atoms with Crippen molar-refractivity contribution in [2.45, 2.75) is 6.92 Å². The van der Waals surface area contributed by atoms with Gasteiger partial charge in [0, 0.05) is 30.8 Å². The van der Waals surface area contributed by atoms with Crippen LogP contribution in [0.3, 0.4) is 0 Å². The van der Waals surface area contributed by atoms with Gasteiger partial charge in [-0.25, -0.2) is 9.97 Å². The first-order valence-corrected chi connectivity index (χ1v) is 8.39. The van der Waals surface area contributed by atoms with E-state index >= 15 is 0 Å². The number of aromatic nitrogens is 2. The average molecular weight is 357 g/mol. The molecule has 1 aliphatic heterocycles. The highest BCUT2D eigenvalue weighted by Crippen LogP contribution is 2.23. The van der Waals surface area contributed by atoms with Crippen molar-refractivity contribution in [3.63, 3.8) is 0 Å². The van der Waals surface area contributed by atoms with Gasteiger partial charge in [0.15, 0.2) is 5.82 Å². The van der Waals surface area contributed by atoms with Crippen molar-refractivity contribution >= 4 is 17.9 Å². The summed E-state index contributed by atoms with van der Waals surface area (Å²) >= 11 is 0. The molecule has 2 heterocycles. The number of hydrogen-bond donors (Lipinski definition) is 1. The highest BCUT2D eigenvalue weighted by atomic mass is 16.5. The molecule has 26 heavy (non-hydrogen) atoms. The normalized spacial score (nSPS) is 14.5. The van der Waals surface area contributed by atoms with Crippen LogP contribution in [0.15, 0.2) is 29.4 Å². The van der Waals surface area contributed by atoms with Gasteiger partial charge in [0.05, 0.1) is 33.6 Å². The van der Waals surface area contributed by atoms with Crippen LogP contribution in [0.5, 0.6) is 11.5 Å². The molecule has 8 nitrogen and oxygen atoms in total. The minimum Gasteiger partial charge on any atom is -0.497 e. The van der Waals surface area contributed by atoms with Crippen molar-refractivity contribution in [1.82, 2.24) is 9.97 Å². The lowest BCUT2D eigenvalue weighted by molar-refractivity contribution is 0.122. The predicted octanol–water partition coefficient (Wildman–Crippen LogP) is 2.08. The number of benzene rings is 1. The lowest BCUT2D eigenvalue weighted by atomic mass is 10.2. The zero-order chi connectivity index (χ0) is 18.4. The number of nitrogens with zero attached hydrogens (tertiary/aromatic N) is 4. The number of rotatable bonds is 6. The summed E-state index contributed by atoms with van der Waals surface area (Å²) in [5.74, 6) is 3.62. The third kappa shape index (κ3) is 4.40. The summed E-state index contributed by atoms with van der Waals surface area (Å²) in [6.45, 7) is 4.93. The maximum Gasteiger partial charge on any atom is 0.152 e. The van der Waals surface area contributed by atoms with Gasteiger partial charge in [-0.2, -0.15) is 5.10 Å². The molecule has 3 rings (SSSR count). The highest BCUT2D eigenvalue weighted by molar-refractivity contribution is 5.84. The van der Waals surface area contributed by atoms with Gasteiger partial charge in [-0.15, -0.1) is 0 Å². The van der Waals surface area contributed by atoms with E-state index in [1.165, 1.54) is 0 Å². The van der Waals surface area contributed by atoms with Gasteiger partial charge < -0.3 is 19.1 Å². The fourth-order valence-electron chi connectivity index (χ4n) is 2.66. The summed E-state index contributed by atoms with van der Waals surface area (Å²) in [6.07, 6.45) is 1.68. The highest BCUT2D eigenvalue weighted by Gasteiger charge is 2.14. The molecular formula is C18H23N5O3. The topological polar surface area (TPSA) is 81.1 Å². The summed E-state index contributed by atoms with van der Waals surface area (Å²) in [6, 6.07) is 7.44. The molecule has 1 aliphatic rings. The molecule has 2 aromatic rings. The predicted molar refractivity (Wildman–Crippen MR) is 101 cm³/mol. The molecule has 1 aromatic carbocycles. The minimum absolute atomic E-state index is 0.641. The Labute approximate surface area is 152 Å². The van der Waals surface area contributed by atoms with Crippen LogP contribution in [-0.4, -0.2) is 56.7 Å². The molecule has 0 aliphatic carbocycles. The average Bonchev–Trinajstić information content (AvgIpc) is 2.68. The first-order chi connectivity index (χ1) is 12.7. The molecule has 0 spiro atoms. The van der Waals surface area contributed by atoms with E-state index in [-0.39, 0.29) is 0 Å². The van der Waals surface area contributed by atoms with E-state index < -0.39 is 0 Å². The van der Waals surface area contributed by atoms with Gasteiger partial charge in [-0.3, -0.25) is 5.43 Å². The standard InChI is InChI=1S/C18H23N5O3/c1-13-20-17(11-18(21-13)23-6-8-26-9-7-23)22-19-12-14-4-5-15(24-2)10-16(14)25-3/h4-5,10-12H,6-9H2,1-3H3,(H,20,21,22)/b19-12-. The number of nitrogens with one attached hydrogen (secondary N) is 1. The number of hydrazone groups is 1. The van der Waals surface area contributed by atoms with Crippen LogP contribution in [0.1, 0.15) is 11.4 Å². The quantitative estimate of drug-likeness (QED) is 0.626. The lowest BCUT2D eigenvalue weighted by Crippen LogP contribution is -2.36. The molecule has 0 radical (unpaired) electrons. The molecular weight excluding hydrogens is 334 g/mol. The molecule has 1 N–H and O–H groups in total. The maximum absolute atomic E-state index is 5.39. The van der Waals surface area contributed by atoms with E-state index in [0.717, 1.165) is 30.2 Å². The number of hydrogen-bond acceptors (Lipinski definition) is 8. The number of morpholine rings is 1. The molecule has 1 saturated heterocycles. The van der Waals surface area contributed by atoms with Crippen molar-refractivity contribution in [1.29, 1.82) is 0 Å². The first-order valence-electron chi connectivity index (χ1n) is 8.39. The lowest BCUT2D eigenvalue weighted by Gasteiger charge is -2.28. The van der Waals surface area contributed by atoms with Crippen LogP contribution >= 0.6 is 0 Å². The van der Waals surface area contributed by atoms with E-state index in [1.54, 1.807) is 20.4 Å². The molecule has 0 amide bonds. The molecule has 1 fully saturated rings. The molecule has 8 heteroatoms. The van der Waals surface area contributed by atoms with Crippen molar-refractivity contribution in [3.05, 3.63) is 35.7 Å². The Morgan fingerprint density at radius 3 is 2.69 bits per heavy atom. The molecule has 138 valence electrons. The van der Waals surface area contributed by atoms with Gasteiger partial charge in [0.25, 0.3) is 0 Å². The van der Waals surface area contributed by atoms with Crippen LogP contribution in [0.4, 0.5) is 11.6 Å². The van der Waals surface area contributed by atoms with Gasteiger partial charge in [0.1, 0.15) is 23.1 Å². The summed E-state index contributed by atoms with van der Waals surface area (Å²) in [5.41, 5.74) is 3.80. The van der Waals surface area contributed by atoms with E-state index in [1.807, 2.05) is 31.2 Å². The maximum atomic E-state index is 5.39. The third-order valence-corrected chi connectivity index (χ3v) is 3.98. The summed E-state index contributed by atoms with van der Waals surface area (Å²) in [5, 5.41) is 4.27. The largest absolute Gasteiger partial charge is 0.497 e. The molecule has 0 atom stereocenters. The third-order valence-electron chi connectivity index (χ3n) is 3.98. The van der Waals surface area contributed by atoms with Crippen molar-refractivity contribution in [3.8, 4) is 11.5 Å². The zero-order valence-corrected chi connectivity index (χ0v) is 15.2. The van der Waals surface area contributed by atoms with Crippen LogP contribution < -0.4 is 19.8 Å². The first kappa shape index (κ1) is 17.9. The van der Waals surface area contributed by atoms with Crippen LogP contribution in [0.2, 0.25) is 0 Å². The number of aryl methyl sites for hydroxylation is 1. The molecule has 1 aromatic heterocycles. The zero-order valence-electron chi connectivity index (χ0n) is 15.2. The summed E-state index contributed by atoms with van der Waals surface area (Å²) < 4.78 is 16.0. The number of ether oxygens (including phenoxy) is 3. The Balaban J connectivity index is 1.73. The fourth-order valence-corrected chi connectivity index (χ4v) is 2.66. The molecule has 0 bridgehead atoms. The Bertz CT molecular complexity index is 775. The Hall–Kier alpha value is -2.87. The Kier molecular flexibility index (Phi) is 5.85. The van der Waals surface area contributed by atoms with Crippen LogP contribution in [-0.2, 0) is 4.74 Å². The molecule has 0 saturated carbocycles. The monoisotopic (exact) mass is 357 g/mol. The number of methoxy groups -OCH3 is 2. The SMILES string of the molecule is COc1ccc(/C=N\Nc2cc(N3CCOCC3)nc(C)n2)c(OC)c1. The smallest absolute Gasteiger partial charge is 0.152 e. The summed E-state index contributed by atoms with van der Waals surface area (Å²) in [7, 11) is 3.23. The Morgan fingerprint density at radius 2 is 1.96 bits per heavy atom. The van der Waals surface area contributed by atoms with E-state index in [9.17, 15) is 0 Å². The van der Waals surface area contributed by atoms with Gasteiger partial charge in [-0.05, 0) is 19.1 Å². The number of anilines is 2. The van der Waals surface area contributed by atoms with Crippen LogP contribution in [0.25, 0.3) is 0 Å². The second-order valence-electron chi connectivity index (χ2n) is 5.74. The van der Waals surface area contributed by atoms with E-state index in [0.29, 0.717) is 30.6 Å².